The zero-order chi connectivity index (χ0) is 34.6. The second kappa shape index (κ2) is 11.1. The van der Waals surface area contributed by atoms with Crippen molar-refractivity contribution in [2.75, 3.05) is 4.90 Å². The van der Waals surface area contributed by atoms with E-state index in [4.69, 9.17) is 0 Å². The molecule has 0 atom stereocenters. The van der Waals surface area contributed by atoms with E-state index >= 15 is 0 Å². The molecule has 0 radical (unpaired) electrons. The minimum atomic E-state index is -0.118. The fourth-order valence-corrected chi connectivity index (χ4v) is 11.3. The molecule has 0 aliphatic heterocycles. The third-order valence-corrected chi connectivity index (χ3v) is 13.6. The van der Waals surface area contributed by atoms with E-state index in [1.54, 1.807) is 0 Å². The van der Waals surface area contributed by atoms with Crippen molar-refractivity contribution in [3.05, 3.63) is 175 Å². The summed E-state index contributed by atoms with van der Waals surface area (Å²) < 4.78 is 5.25. The predicted octanol–water partition coefficient (Wildman–Crippen LogP) is 15.0. The van der Waals surface area contributed by atoms with Crippen molar-refractivity contribution in [3.63, 3.8) is 0 Å². The van der Waals surface area contributed by atoms with Gasteiger partial charge in [-0.05, 0) is 75.2 Å². The molecule has 0 fully saturated rings. The smallest absolute Gasteiger partial charge is 0.0555 e. The van der Waals surface area contributed by atoms with E-state index in [1.807, 2.05) is 22.7 Å². The van der Waals surface area contributed by atoms with Crippen LogP contribution in [0.2, 0.25) is 0 Å². The molecule has 3 heteroatoms. The molecule has 0 amide bonds. The van der Waals surface area contributed by atoms with Crippen molar-refractivity contribution in [1.29, 1.82) is 0 Å². The summed E-state index contributed by atoms with van der Waals surface area (Å²) in [5.41, 5.74) is 11.4. The van der Waals surface area contributed by atoms with Crippen LogP contribution in [0.1, 0.15) is 25.0 Å². The van der Waals surface area contributed by atoms with E-state index < -0.39 is 0 Å². The van der Waals surface area contributed by atoms with Crippen molar-refractivity contribution in [2.45, 2.75) is 19.3 Å². The lowest BCUT2D eigenvalue weighted by Gasteiger charge is -2.30. The summed E-state index contributed by atoms with van der Waals surface area (Å²) in [4.78, 5) is 2.57. The summed E-state index contributed by atoms with van der Waals surface area (Å²) in [5.74, 6) is 0. The lowest BCUT2D eigenvalue weighted by molar-refractivity contribution is 0.660. The summed E-state index contributed by atoms with van der Waals surface area (Å²) >= 11 is 3.79. The maximum absolute atomic E-state index is 2.57. The van der Waals surface area contributed by atoms with Crippen LogP contribution in [0, 0.1) is 0 Å². The van der Waals surface area contributed by atoms with Crippen molar-refractivity contribution in [2.24, 2.45) is 0 Å². The fourth-order valence-electron chi connectivity index (χ4n) is 8.84. The molecule has 11 rings (SSSR count). The molecule has 0 spiro atoms. The Kier molecular flexibility index (Phi) is 6.41. The lowest BCUT2D eigenvalue weighted by Crippen LogP contribution is -2.16. The van der Waals surface area contributed by atoms with Gasteiger partial charge < -0.3 is 4.90 Å². The van der Waals surface area contributed by atoms with Gasteiger partial charge in [0.1, 0.15) is 0 Å². The number of hydrogen-bond donors (Lipinski definition) is 0. The van der Waals surface area contributed by atoms with Gasteiger partial charge >= 0.3 is 0 Å². The van der Waals surface area contributed by atoms with Gasteiger partial charge in [0.2, 0.25) is 0 Å². The third kappa shape index (κ3) is 4.21. The molecular weight excluding hydrogens is 667 g/mol. The first kappa shape index (κ1) is 29.9. The summed E-state index contributed by atoms with van der Waals surface area (Å²) in [6.07, 6.45) is 0. The first-order valence-corrected chi connectivity index (χ1v) is 19.6. The molecule has 0 saturated carbocycles. The van der Waals surface area contributed by atoms with Crippen molar-refractivity contribution in [1.82, 2.24) is 0 Å². The Hall–Kier alpha value is -5.74. The molecule has 0 N–H and O–H groups in total. The van der Waals surface area contributed by atoms with Crippen molar-refractivity contribution < 1.29 is 0 Å². The van der Waals surface area contributed by atoms with E-state index in [2.05, 4.69) is 183 Å². The van der Waals surface area contributed by atoms with Crippen LogP contribution in [0.15, 0.2) is 164 Å². The molecule has 2 aromatic heterocycles. The van der Waals surface area contributed by atoms with Crippen LogP contribution in [-0.2, 0) is 5.41 Å². The van der Waals surface area contributed by atoms with E-state index in [0.29, 0.717) is 0 Å². The standard InChI is InChI=1S/C49H33NS2/c1-49(2)39-21-11-8-16-33(39)34-25-24-31(28-40(34)49)50(42-29-45-46(36-18-7-6-17-35(36)42)37-19-9-12-22-43(37)51-45)41-27-26-32(30-14-4-3-5-15-30)48-47(41)38-20-10-13-23-44(38)52-48/h3-29H,1-2H3. The number of nitrogens with zero attached hydrogens (tertiary/aromatic N) is 1. The maximum atomic E-state index is 2.57. The van der Waals surface area contributed by atoms with Gasteiger partial charge in [-0.1, -0.05) is 141 Å². The SMILES string of the molecule is CC1(C)c2ccccc2-c2ccc(N(c3cc4sc5ccccc5c4c4ccccc34)c3ccc(-c4ccccc4)c4sc5ccccc5c34)cc21. The molecule has 52 heavy (non-hydrogen) atoms. The second-order valence-corrected chi connectivity index (χ2v) is 16.6. The Bertz CT molecular complexity index is 3050. The second-order valence-electron chi connectivity index (χ2n) is 14.4. The minimum Gasteiger partial charge on any atom is -0.309 e. The summed E-state index contributed by atoms with van der Waals surface area (Å²) in [6.45, 7) is 4.76. The highest BCUT2D eigenvalue weighted by Gasteiger charge is 2.36. The molecule has 1 aliphatic rings. The highest BCUT2D eigenvalue weighted by atomic mass is 32.1. The molecule has 0 unspecified atom stereocenters. The highest BCUT2D eigenvalue weighted by Crippen LogP contribution is 2.54. The fraction of sp³-hybridized carbons (Fsp3) is 0.0612. The van der Waals surface area contributed by atoms with Gasteiger partial charge in [0.25, 0.3) is 0 Å². The van der Waals surface area contributed by atoms with Gasteiger partial charge in [0, 0.05) is 56.8 Å². The van der Waals surface area contributed by atoms with Gasteiger partial charge in [-0.2, -0.15) is 0 Å². The quantitative estimate of drug-likeness (QED) is 0.177. The number of fused-ring (bicyclic) bond motifs is 11. The maximum Gasteiger partial charge on any atom is 0.0555 e. The molecule has 246 valence electrons. The Morgan fingerprint density at radius 3 is 1.85 bits per heavy atom. The molecule has 0 saturated heterocycles. The van der Waals surface area contributed by atoms with Gasteiger partial charge in [-0.15, -0.1) is 22.7 Å². The highest BCUT2D eigenvalue weighted by molar-refractivity contribution is 7.26. The first-order chi connectivity index (χ1) is 25.6. The summed E-state index contributed by atoms with van der Waals surface area (Å²) in [5, 5.41) is 7.80. The molecule has 1 nitrogen and oxygen atoms in total. The van der Waals surface area contributed by atoms with Gasteiger partial charge in [0.05, 0.1) is 11.4 Å². The van der Waals surface area contributed by atoms with Crippen LogP contribution >= 0.6 is 22.7 Å². The predicted molar refractivity (Wildman–Crippen MR) is 227 cm³/mol. The zero-order valence-electron chi connectivity index (χ0n) is 28.9. The number of benzene rings is 8. The van der Waals surface area contributed by atoms with Crippen LogP contribution < -0.4 is 4.90 Å². The van der Waals surface area contributed by atoms with Gasteiger partial charge in [0.15, 0.2) is 0 Å². The monoisotopic (exact) mass is 699 g/mol. The van der Waals surface area contributed by atoms with E-state index in [-0.39, 0.29) is 5.41 Å². The van der Waals surface area contributed by atoms with E-state index in [9.17, 15) is 0 Å². The van der Waals surface area contributed by atoms with Crippen LogP contribution in [0.4, 0.5) is 17.1 Å². The van der Waals surface area contributed by atoms with Crippen molar-refractivity contribution in [3.8, 4) is 22.3 Å². The molecular formula is C49H33NS2. The summed E-state index contributed by atoms with van der Waals surface area (Å²) in [7, 11) is 0. The van der Waals surface area contributed by atoms with Crippen LogP contribution in [0.5, 0.6) is 0 Å². The van der Waals surface area contributed by atoms with Crippen LogP contribution in [-0.4, -0.2) is 0 Å². The topological polar surface area (TPSA) is 3.24 Å². The first-order valence-electron chi connectivity index (χ1n) is 17.9. The average molecular weight is 700 g/mol. The van der Waals surface area contributed by atoms with Crippen LogP contribution in [0.25, 0.3) is 73.4 Å². The van der Waals surface area contributed by atoms with E-state index in [0.717, 1.165) is 0 Å². The number of thiophene rings is 2. The van der Waals surface area contributed by atoms with Crippen molar-refractivity contribution >= 4 is 90.9 Å². The Balaban J connectivity index is 1.27. The largest absolute Gasteiger partial charge is 0.309 e. The molecule has 8 aromatic carbocycles. The Morgan fingerprint density at radius 2 is 1.04 bits per heavy atom. The van der Waals surface area contributed by atoms with Crippen LogP contribution in [0.3, 0.4) is 0 Å². The van der Waals surface area contributed by atoms with E-state index in [1.165, 1.54) is 102 Å². The summed E-state index contributed by atoms with van der Waals surface area (Å²) in [6, 6.07) is 61.0. The van der Waals surface area contributed by atoms with Gasteiger partial charge in [-0.3, -0.25) is 0 Å². The number of hydrogen-bond acceptors (Lipinski definition) is 3. The average Bonchev–Trinajstić information content (AvgIpc) is 3.84. The Morgan fingerprint density at radius 1 is 0.423 bits per heavy atom. The molecule has 10 aromatic rings. The number of anilines is 3. The Labute approximate surface area is 310 Å². The lowest BCUT2D eigenvalue weighted by atomic mass is 9.82. The molecule has 0 bridgehead atoms. The molecule has 2 heterocycles. The normalized spacial score (nSPS) is 13.3. The third-order valence-electron chi connectivity index (χ3n) is 11.3. The molecule has 1 aliphatic carbocycles. The number of rotatable bonds is 4. The van der Waals surface area contributed by atoms with Gasteiger partial charge in [-0.25, -0.2) is 0 Å². The zero-order valence-corrected chi connectivity index (χ0v) is 30.5. The minimum absolute atomic E-state index is 0.118.